The number of piperidine rings is 1. The lowest BCUT2D eigenvalue weighted by atomic mass is 10.0. The SMILES string of the molecule is CC(=O)CCCCC[C@H](NC(=O)C1CCCCN1C)C(=O)Nc1ccccc1. The van der Waals surface area contributed by atoms with Gasteiger partial charge in [0.25, 0.3) is 0 Å². The van der Waals surface area contributed by atoms with Crippen LogP contribution in [0.25, 0.3) is 0 Å². The van der Waals surface area contributed by atoms with Crippen LogP contribution in [0.4, 0.5) is 5.69 Å². The van der Waals surface area contributed by atoms with Gasteiger partial charge in [-0.15, -0.1) is 0 Å². The summed E-state index contributed by atoms with van der Waals surface area (Å²) in [5.74, 6) is -0.0734. The van der Waals surface area contributed by atoms with Crippen molar-refractivity contribution in [2.45, 2.75) is 70.4 Å². The molecule has 0 aliphatic carbocycles. The van der Waals surface area contributed by atoms with Crippen molar-refractivity contribution in [1.82, 2.24) is 10.2 Å². The summed E-state index contributed by atoms with van der Waals surface area (Å²) in [6, 6.07) is 8.54. The molecule has 2 rings (SSSR count). The molecular formula is C22H33N3O3. The Morgan fingerprint density at radius 2 is 1.86 bits per heavy atom. The summed E-state index contributed by atoms with van der Waals surface area (Å²) in [7, 11) is 1.96. The van der Waals surface area contributed by atoms with E-state index in [1.165, 1.54) is 0 Å². The van der Waals surface area contributed by atoms with E-state index >= 15 is 0 Å². The number of anilines is 1. The van der Waals surface area contributed by atoms with Crippen molar-refractivity contribution in [1.29, 1.82) is 0 Å². The van der Waals surface area contributed by atoms with Crippen LogP contribution in [-0.2, 0) is 14.4 Å². The Kier molecular flexibility index (Phi) is 9.14. The van der Waals surface area contributed by atoms with Crippen molar-refractivity contribution in [3.8, 4) is 0 Å². The van der Waals surface area contributed by atoms with Crippen LogP contribution < -0.4 is 10.6 Å². The normalized spacial score (nSPS) is 18.3. The number of para-hydroxylation sites is 1. The fourth-order valence-electron chi connectivity index (χ4n) is 3.59. The van der Waals surface area contributed by atoms with Gasteiger partial charge in [-0.3, -0.25) is 14.5 Å². The van der Waals surface area contributed by atoms with E-state index in [1.54, 1.807) is 6.92 Å². The highest BCUT2D eigenvalue weighted by atomic mass is 16.2. The molecule has 0 radical (unpaired) electrons. The molecule has 28 heavy (non-hydrogen) atoms. The topological polar surface area (TPSA) is 78.5 Å². The second kappa shape index (κ2) is 11.6. The van der Waals surface area contributed by atoms with Crippen LogP contribution in [-0.4, -0.2) is 48.2 Å². The Balaban J connectivity index is 1.94. The Labute approximate surface area is 168 Å². The van der Waals surface area contributed by atoms with Crippen LogP contribution in [0.15, 0.2) is 30.3 Å². The number of carbonyl (C=O) groups is 3. The van der Waals surface area contributed by atoms with Gasteiger partial charge in [-0.05, 0) is 58.3 Å². The van der Waals surface area contributed by atoms with Crippen LogP contribution in [0.5, 0.6) is 0 Å². The highest BCUT2D eigenvalue weighted by Crippen LogP contribution is 2.16. The van der Waals surface area contributed by atoms with E-state index in [1.807, 2.05) is 37.4 Å². The van der Waals surface area contributed by atoms with Crippen molar-refractivity contribution in [3.63, 3.8) is 0 Å². The van der Waals surface area contributed by atoms with E-state index < -0.39 is 6.04 Å². The number of nitrogens with zero attached hydrogens (tertiary/aromatic N) is 1. The lowest BCUT2D eigenvalue weighted by Gasteiger charge is -2.32. The number of likely N-dealkylation sites (tertiary alicyclic amines) is 1. The molecule has 2 N–H and O–H groups in total. The minimum atomic E-state index is -0.569. The molecule has 2 atom stereocenters. The molecule has 0 aromatic heterocycles. The first-order valence-electron chi connectivity index (χ1n) is 10.3. The van der Waals surface area contributed by atoms with Gasteiger partial charge in [-0.25, -0.2) is 0 Å². The summed E-state index contributed by atoms with van der Waals surface area (Å²) in [5.41, 5.74) is 0.720. The van der Waals surface area contributed by atoms with E-state index in [4.69, 9.17) is 0 Å². The monoisotopic (exact) mass is 387 g/mol. The molecule has 1 aliphatic rings. The highest BCUT2D eigenvalue weighted by Gasteiger charge is 2.29. The molecule has 1 aromatic rings. The molecule has 2 amide bonds. The van der Waals surface area contributed by atoms with Gasteiger partial charge in [-0.2, -0.15) is 0 Å². The van der Waals surface area contributed by atoms with Crippen LogP contribution in [0, 0.1) is 0 Å². The van der Waals surface area contributed by atoms with Crippen molar-refractivity contribution in [2.24, 2.45) is 0 Å². The number of likely N-dealkylation sites (N-methyl/N-ethyl adjacent to an activating group) is 1. The average molecular weight is 388 g/mol. The zero-order valence-corrected chi connectivity index (χ0v) is 17.1. The van der Waals surface area contributed by atoms with Gasteiger partial charge in [0.05, 0.1) is 6.04 Å². The molecule has 6 nitrogen and oxygen atoms in total. The molecule has 1 aromatic carbocycles. The predicted molar refractivity (Wildman–Crippen MR) is 111 cm³/mol. The summed E-state index contributed by atoms with van der Waals surface area (Å²) in [4.78, 5) is 38.7. The Morgan fingerprint density at radius 1 is 1.11 bits per heavy atom. The van der Waals surface area contributed by atoms with Crippen molar-refractivity contribution < 1.29 is 14.4 Å². The molecule has 1 aliphatic heterocycles. The molecule has 154 valence electrons. The summed E-state index contributed by atoms with van der Waals surface area (Å²) in [6.07, 6.45) is 6.59. The summed E-state index contributed by atoms with van der Waals surface area (Å²) >= 11 is 0. The number of hydrogen-bond donors (Lipinski definition) is 2. The maximum Gasteiger partial charge on any atom is 0.246 e. The van der Waals surface area contributed by atoms with Gasteiger partial charge >= 0.3 is 0 Å². The maximum atomic E-state index is 12.8. The second-order valence-electron chi connectivity index (χ2n) is 7.71. The average Bonchev–Trinajstić information content (AvgIpc) is 2.67. The number of rotatable bonds is 10. The number of ketones is 1. The van der Waals surface area contributed by atoms with Crippen LogP contribution in [0.3, 0.4) is 0 Å². The number of unbranched alkanes of at least 4 members (excludes halogenated alkanes) is 2. The van der Waals surface area contributed by atoms with Crippen molar-refractivity contribution >= 4 is 23.3 Å². The van der Waals surface area contributed by atoms with E-state index in [0.29, 0.717) is 12.8 Å². The second-order valence-corrected chi connectivity index (χ2v) is 7.71. The van der Waals surface area contributed by atoms with E-state index in [0.717, 1.165) is 50.8 Å². The van der Waals surface area contributed by atoms with Crippen LogP contribution in [0.1, 0.15) is 58.3 Å². The Morgan fingerprint density at radius 3 is 2.54 bits per heavy atom. The van der Waals surface area contributed by atoms with Gasteiger partial charge < -0.3 is 15.4 Å². The fraction of sp³-hybridized carbons (Fsp3) is 0.591. The third kappa shape index (κ3) is 7.43. The van der Waals surface area contributed by atoms with Gasteiger partial charge in [0.2, 0.25) is 11.8 Å². The smallest absolute Gasteiger partial charge is 0.246 e. The third-order valence-electron chi connectivity index (χ3n) is 5.27. The largest absolute Gasteiger partial charge is 0.343 e. The molecule has 1 unspecified atom stereocenters. The minimum Gasteiger partial charge on any atom is -0.343 e. The molecule has 1 saturated heterocycles. The number of nitrogens with one attached hydrogen (secondary N) is 2. The number of benzene rings is 1. The quantitative estimate of drug-likeness (QED) is 0.605. The van der Waals surface area contributed by atoms with Gasteiger partial charge in [0.15, 0.2) is 0 Å². The third-order valence-corrected chi connectivity index (χ3v) is 5.27. The summed E-state index contributed by atoms with van der Waals surface area (Å²) in [6.45, 7) is 2.50. The maximum absolute atomic E-state index is 12.8. The molecule has 1 heterocycles. The summed E-state index contributed by atoms with van der Waals surface area (Å²) in [5, 5.41) is 5.88. The zero-order valence-electron chi connectivity index (χ0n) is 17.1. The number of carbonyl (C=O) groups excluding carboxylic acids is 3. The van der Waals surface area contributed by atoms with Crippen LogP contribution >= 0.6 is 0 Å². The minimum absolute atomic E-state index is 0.0702. The molecule has 0 spiro atoms. The number of amides is 2. The molecule has 1 fully saturated rings. The van der Waals surface area contributed by atoms with Crippen LogP contribution in [0.2, 0.25) is 0 Å². The van der Waals surface area contributed by atoms with E-state index in [9.17, 15) is 14.4 Å². The first-order chi connectivity index (χ1) is 13.5. The lowest BCUT2D eigenvalue weighted by molar-refractivity contribution is -0.131. The van der Waals surface area contributed by atoms with E-state index in [-0.39, 0.29) is 23.6 Å². The van der Waals surface area contributed by atoms with Gasteiger partial charge in [0, 0.05) is 12.1 Å². The standard InChI is InChI=1S/C22H33N3O3/c1-17(26)11-5-3-8-14-19(21(27)23-18-12-6-4-7-13-18)24-22(28)20-15-9-10-16-25(20)2/h4,6-7,12-13,19-20H,3,5,8-11,14-16H2,1-2H3,(H,23,27)(H,24,28)/t19-,20?/m0/s1. The van der Waals surface area contributed by atoms with Gasteiger partial charge in [0.1, 0.15) is 11.8 Å². The first kappa shape index (κ1) is 22.1. The van der Waals surface area contributed by atoms with Gasteiger partial charge in [-0.1, -0.05) is 37.5 Å². The predicted octanol–water partition coefficient (Wildman–Crippen LogP) is 3.13. The number of hydrogen-bond acceptors (Lipinski definition) is 4. The lowest BCUT2D eigenvalue weighted by Crippen LogP contribution is -2.53. The first-order valence-corrected chi connectivity index (χ1v) is 10.3. The molecule has 6 heteroatoms. The molecule has 0 bridgehead atoms. The Bertz CT molecular complexity index is 648. The van der Waals surface area contributed by atoms with Crippen molar-refractivity contribution in [3.05, 3.63) is 30.3 Å². The number of Topliss-reactive ketones (excluding diaryl/α,β-unsaturated/α-hetero) is 1. The van der Waals surface area contributed by atoms with E-state index in [2.05, 4.69) is 15.5 Å². The Hall–Kier alpha value is -2.21. The zero-order chi connectivity index (χ0) is 20.4. The molecule has 0 saturated carbocycles. The summed E-state index contributed by atoms with van der Waals surface area (Å²) < 4.78 is 0. The highest BCUT2D eigenvalue weighted by molar-refractivity contribution is 5.97. The van der Waals surface area contributed by atoms with Crippen molar-refractivity contribution in [2.75, 3.05) is 18.9 Å². The molecular weight excluding hydrogens is 354 g/mol. The fourth-order valence-corrected chi connectivity index (χ4v) is 3.59.